The molecule has 1 atom stereocenters. The van der Waals surface area contributed by atoms with Crippen LogP contribution in [0.2, 0.25) is 0 Å². The summed E-state index contributed by atoms with van der Waals surface area (Å²) < 4.78 is 0. The van der Waals surface area contributed by atoms with Gasteiger partial charge in [-0.1, -0.05) is 55.0 Å². The van der Waals surface area contributed by atoms with Gasteiger partial charge in [-0.3, -0.25) is 0 Å². The molecule has 0 saturated heterocycles. The predicted molar refractivity (Wildman–Crippen MR) is 89.6 cm³/mol. The minimum Gasteiger partial charge on any atom is -1.00 e. The van der Waals surface area contributed by atoms with Gasteiger partial charge in [-0.25, -0.2) is 0 Å². The van der Waals surface area contributed by atoms with Crippen LogP contribution in [0.15, 0.2) is 48.5 Å². The maximum Gasteiger partial charge on any atom is 0.128 e. The van der Waals surface area contributed by atoms with Crippen LogP contribution < -0.4 is 17.7 Å². The molecule has 1 aliphatic rings. The molecule has 0 aromatic heterocycles. The van der Waals surface area contributed by atoms with Crippen LogP contribution in [-0.4, -0.2) is 11.7 Å². The Hall–Kier alpha value is -1.35. The number of aliphatic hydroxyl groups excluding tert-OH is 1. The van der Waals surface area contributed by atoms with Gasteiger partial charge in [-0.15, -0.1) is 0 Å². The molecule has 2 nitrogen and oxygen atoms in total. The van der Waals surface area contributed by atoms with Crippen molar-refractivity contribution in [2.75, 3.05) is 6.54 Å². The number of nitrogens with two attached hydrogens (primary N) is 1. The molecule has 0 amide bonds. The Morgan fingerprint density at radius 1 is 0.913 bits per heavy atom. The van der Waals surface area contributed by atoms with Gasteiger partial charge in [0.1, 0.15) is 19.2 Å². The average Bonchev–Trinajstić information content (AvgIpc) is 2.80. The average molecular weight is 332 g/mol. The van der Waals surface area contributed by atoms with E-state index in [0.29, 0.717) is 6.54 Å². The minimum atomic E-state index is -0.378. The van der Waals surface area contributed by atoms with Crippen LogP contribution in [0, 0.1) is 0 Å². The summed E-state index contributed by atoms with van der Waals surface area (Å²) in [5.41, 5.74) is 5.32. The van der Waals surface area contributed by atoms with E-state index in [-0.39, 0.29) is 18.5 Å². The van der Waals surface area contributed by atoms with Gasteiger partial charge >= 0.3 is 0 Å². The number of quaternary nitrogens is 1. The summed E-state index contributed by atoms with van der Waals surface area (Å²) in [4.78, 5) is 0. The van der Waals surface area contributed by atoms with E-state index in [1.165, 1.54) is 48.8 Å². The highest BCUT2D eigenvalue weighted by Crippen LogP contribution is 2.23. The van der Waals surface area contributed by atoms with Gasteiger partial charge in [0.2, 0.25) is 0 Å². The van der Waals surface area contributed by atoms with Crippen molar-refractivity contribution in [2.45, 2.75) is 44.8 Å². The molecule has 0 radical (unpaired) electrons. The fraction of sp³-hybridized carbons (Fsp3) is 0.400. The topological polar surface area (TPSA) is 36.8 Å². The Bertz CT molecular complexity index is 600. The predicted octanol–water partition coefficient (Wildman–Crippen LogP) is -0.243. The van der Waals surface area contributed by atoms with Crippen LogP contribution in [0.3, 0.4) is 0 Å². The number of aliphatic hydroxyl groups is 1. The number of aryl methyl sites for hydroxylation is 2. The molecule has 3 N–H and O–H groups in total. The van der Waals surface area contributed by atoms with E-state index >= 15 is 0 Å². The normalized spacial score (nSPS) is 15.2. The molecule has 0 saturated carbocycles. The largest absolute Gasteiger partial charge is 1.00 e. The first-order valence-electron chi connectivity index (χ1n) is 8.48. The van der Waals surface area contributed by atoms with Crippen molar-refractivity contribution in [1.82, 2.24) is 0 Å². The molecule has 3 heteroatoms. The molecule has 23 heavy (non-hydrogen) atoms. The van der Waals surface area contributed by atoms with E-state index in [1.807, 2.05) is 6.07 Å². The summed E-state index contributed by atoms with van der Waals surface area (Å²) in [6.45, 7) is 1.64. The maximum absolute atomic E-state index is 10.4. The first-order chi connectivity index (χ1) is 10.8. The monoisotopic (exact) mass is 331 g/mol. The number of rotatable bonds is 5. The van der Waals surface area contributed by atoms with Crippen molar-refractivity contribution in [3.63, 3.8) is 0 Å². The highest BCUT2D eigenvalue weighted by Gasteiger charge is 2.14. The Balaban J connectivity index is 0.00000192. The molecule has 3 rings (SSSR count). The molecule has 1 aliphatic carbocycles. The van der Waals surface area contributed by atoms with Crippen LogP contribution in [0.25, 0.3) is 0 Å². The van der Waals surface area contributed by atoms with E-state index in [2.05, 4.69) is 47.8 Å². The van der Waals surface area contributed by atoms with Crippen LogP contribution in [0.4, 0.5) is 0 Å². The second-order valence-electron chi connectivity index (χ2n) is 6.32. The first kappa shape index (κ1) is 18.0. The maximum atomic E-state index is 10.4. The van der Waals surface area contributed by atoms with Gasteiger partial charge in [0.25, 0.3) is 0 Å². The SMILES string of the molecule is OC(C[NH2+]Cc1ccccc1)c1ccc2c(c1)CCCCC2.[Cl-]. The molecule has 0 spiro atoms. The van der Waals surface area contributed by atoms with E-state index in [0.717, 1.165) is 12.1 Å². The van der Waals surface area contributed by atoms with Crippen molar-refractivity contribution in [3.05, 3.63) is 70.8 Å². The molecule has 0 heterocycles. The van der Waals surface area contributed by atoms with Gasteiger partial charge < -0.3 is 22.8 Å². The fourth-order valence-corrected chi connectivity index (χ4v) is 3.30. The molecule has 2 aromatic carbocycles. The second-order valence-corrected chi connectivity index (χ2v) is 6.32. The standard InChI is InChI=1S/C20H25NO.ClH/c22-20(15-21-14-16-7-3-1-4-8-16)19-12-11-17-9-5-2-6-10-18(17)13-19;/h1,3-4,7-8,11-13,20-22H,2,5-6,9-10,14-15H2;1H. The molecule has 1 unspecified atom stereocenters. The molecule has 124 valence electrons. The zero-order valence-corrected chi connectivity index (χ0v) is 14.3. The van der Waals surface area contributed by atoms with Crippen molar-refractivity contribution in [3.8, 4) is 0 Å². The molecular weight excluding hydrogens is 306 g/mol. The number of halogens is 1. The van der Waals surface area contributed by atoms with Crippen LogP contribution >= 0.6 is 0 Å². The smallest absolute Gasteiger partial charge is 0.128 e. The Morgan fingerprint density at radius 3 is 2.43 bits per heavy atom. The Morgan fingerprint density at radius 2 is 1.65 bits per heavy atom. The number of hydrogen-bond donors (Lipinski definition) is 2. The van der Waals surface area contributed by atoms with E-state index in [9.17, 15) is 5.11 Å². The lowest BCUT2D eigenvalue weighted by Crippen LogP contribution is -3.00. The highest BCUT2D eigenvalue weighted by molar-refractivity contribution is 5.34. The van der Waals surface area contributed by atoms with Crippen molar-refractivity contribution in [2.24, 2.45) is 0 Å². The summed E-state index contributed by atoms with van der Waals surface area (Å²) >= 11 is 0. The lowest BCUT2D eigenvalue weighted by molar-refractivity contribution is -0.677. The summed E-state index contributed by atoms with van der Waals surface area (Å²) in [5, 5.41) is 12.6. The molecule has 2 aromatic rings. The van der Waals surface area contributed by atoms with Crippen LogP contribution in [-0.2, 0) is 19.4 Å². The Labute approximate surface area is 145 Å². The van der Waals surface area contributed by atoms with Gasteiger partial charge in [-0.05, 0) is 42.4 Å². The zero-order valence-electron chi connectivity index (χ0n) is 13.5. The highest BCUT2D eigenvalue weighted by atomic mass is 35.5. The van der Waals surface area contributed by atoms with Gasteiger partial charge in [0, 0.05) is 5.56 Å². The quantitative estimate of drug-likeness (QED) is 0.729. The number of hydrogen-bond acceptors (Lipinski definition) is 1. The summed E-state index contributed by atoms with van der Waals surface area (Å²) in [5.74, 6) is 0. The lowest BCUT2D eigenvalue weighted by atomic mass is 9.98. The van der Waals surface area contributed by atoms with E-state index in [1.54, 1.807) is 0 Å². The second kappa shape index (κ2) is 9.07. The minimum absolute atomic E-state index is 0. The van der Waals surface area contributed by atoms with E-state index < -0.39 is 0 Å². The van der Waals surface area contributed by atoms with Gasteiger partial charge in [0.15, 0.2) is 0 Å². The third-order valence-corrected chi connectivity index (χ3v) is 4.62. The summed E-state index contributed by atoms with van der Waals surface area (Å²) in [6.07, 6.45) is 5.91. The van der Waals surface area contributed by atoms with Crippen LogP contribution in [0.5, 0.6) is 0 Å². The summed E-state index contributed by atoms with van der Waals surface area (Å²) in [7, 11) is 0. The third kappa shape index (κ3) is 5.07. The number of fused-ring (bicyclic) bond motifs is 1. The van der Waals surface area contributed by atoms with E-state index in [4.69, 9.17) is 0 Å². The van der Waals surface area contributed by atoms with Crippen molar-refractivity contribution < 1.29 is 22.8 Å². The Kier molecular flexibility index (Phi) is 7.10. The third-order valence-electron chi connectivity index (χ3n) is 4.62. The van der Waals surface area contributed by atoms with Crippen LogP contribution in [0.1, 0.15) is 47.6 Å². The van der Waals surface area contributed by atoms with Crippen molar-refractivity contribution in [1.29, 1.82) is 0 Å². The fourth-order valence-electron chi connectivity index (χ4n) is 3.30. The molecular formula is C20H26ClNO. The molecule has 0 aliphatic heterocycles. The first-order valence-corrected chi connectivity index (χ1v) is 8.48. The van der Waals surface area contributed by atoms with Gasteiger partial charge in [-0.2, -0.15) is 0 Å². The zero-order chi connectivity index (χ0) is 15.2. The molecule has 0 bridgehead atoms. The van der Waals surface area contributed by atoms with Crippen molar-refractivity contribution >= 4 is 0 Å². The summed E-state index contributed by atoms with van der Waals surface area (Å²) in [6, 6.07) is 17.0. The lowest BCUT2D eigenvalue weighted by Gasteiger charge is -2.13. The molecule has 0 fully saturated rings. The van der Waals surface area contributed by atoms with Gasteiger partial charge in [0.05, 0.1) is 0 Å². The number of benzene rings is 2.